The van der Waals surface area contributed by atoms with E-state index in [2.05, 4.69) is 27.4 Å². The zero-order valence-corrected chi connectivity index (χ0v) is 21.6. The van der Waals surface area contributed by atoms with Gasteiger partial charge in [0.05, 0.1) is 5.56 Å². The number of ether oxygens (including phenoxy) is 1. The quantitative estimate of drug-likeness (QED) is 0.523. The molecule has 2 aromatic rings. The van der Waals surface area contributed by atoms with Gasteiger partial charge in [0, 0.05) is 36.9 Å². The van der Waals surface area contributed by atoms with E-state index in [9.17, 15) is 18.4 Å². The van der Waals surface area contributed by atoms with Crippen LogP contribution in [0.2, 0.25) is 0 Å². The Morgan fingerprint density at radius 3 is 2.56 bits per heavy atom. The minimum atomic E-state index is -1.27. The molecule has 2 unspecified atom stereocenters. The van der Waals surface area contributed by atoms with Crippen LogP contribution in [0.25, 0.3) is 0 Å². The van der Waals surface area contributed by atoms with E-state index in [1.54, 1.807) is 26.1 Å². The summed E-state index contributed by atoms with van der Waals surface area (Å²) >= 11 is 0. The Hall–Kier alpha value is -3.23. The minimum absolute atomic E-state index is 0.0487. The number of rotatable bonds is 9. The summed E-state index contributed by atoms with van der Waals surface area (Å²) in [5, 5.41) is 5.94. The zero-order valence-electron chi connectivity index (χ0n) is 21.6. The second-order valence-corrected chi connectivity index (χ2v) is 10.1. The molecule has 1 aromatic heterocycles. The Kier molecular flexibility index (Phi) is 8.87. The molecule has 9 heteroatoms. The van der Waals surface area contributed by atoms with Crippen LogP contribution >= 0.6 is 0 Å². The number of hydrogen-bond donors (Lipinski definition) is 2. The van der Waals surface area contributed by atoms with Crippen molar-refractivity contribution in [3.05, 3.63) is 53.7 Å². The lowest BCUT2D eigenvalue weighted by Gasteiger charge is -2.41. The van der Waals surface area contributed by atoms with E-state index in [4.69, 9.17) is 4.74 Å². The van der Waals surface area contributed by atoms with E-state index >= 15 is 0 Å². The summed E-state index contributed by atoms with van der Waals surface area (Å²) in [6, 6.07) is 7.03. The number of aromatic nitrogens is 1. The molecule has 2 atom stereocenters. The lowest BCUT2D eigenvalue weighted by atomic mass is 9.93. The predicted octanol–water partition coefficient (Wildman–Crippen LogP) is 4.61. The maximum atomic E-state index is 13.5. The fourth-order valence-corrected chi connectivity index (χ4v) is 4.37. The normalized spacial score (nSPS) is 18.2. The van der Waals surface area contributed by atoms with Gasteiger partial charge in [0.1, 0.15) is 11.6 Å². The van der Waals surface area contributed by atoms with E-state index in [0.717, 1.165) is 37.2 Å². The molecule has 1 aliphatic rings. The highest BCUT2D eigenvalue weighted by atomic mass is 19.2. The van der Waals surface area contributed by atoms with Crippen molar-refractivity contribution in [3.8, 4) is 5.75 Å². The largest absolute Gasteiger partial charge is 0.478 e. The Balaban J connectivity index is 1.63. The number of piperidine rings is 1. The lowest BCUT2D eigenvalue weighted by molar-refractivity contribution is -0.135. The molecule has 3 rings (SSSR count). The van der Waals surface area contributed by atoms with Gasteiger partial charge in [-0.2, -0.15) is 0 Å². The van der Waals surface area contributed by atoms with Gasteiger partial charge in [-0.3, -0.25) is 9.59 Å². The van der Waals surface area contributed by atoms with E-state index < -0.39 is 17.2 Å². The summed E-state index contributed by atoms with van der Waals surface area (Å²) in [6.07, 6.45) is 4.95. The van der Waals surface area contributed by atoms with Gasteiger partial charge in [0.15, 0.2) is 17.2 Å². The monoisotopic (exact) mass is 502 g/mol. The molecule has 36 heavy (non-hydrogen) atoms. The molecule has 2 N–H and O–H groups in total. The first-order valence-corrected chi connectivity index (χ1v) is 12.5. The van der Waals surface area contributed by atoms with Crippen LogP contribution in [0.4, 0.5) is 14.6 Å². The Bertz CT molecular complexity index is 1060. The first-order valence-electron chi connectivity index (χ1n) is 12.5. The van der Waals surface area contributed by atoms with Gasteiger partial charge in [-0.25, -0.2) is 13.8 Å². The van der Waals surface area contributed by atoms with Crippen LogP contribution in [0.1, 0.15) is 70.7 Å². The number of amides is 2. The molecule has 0 radical (unpaired) electrons. The number of carbonyl (C=O) groups excluding carboxylic acids is 2. The van der Waals surface area contributed by atoms with Crippen molar-refractivity contribution in [2.75, 3.05) is 11.4 Å². The number of hydrogen-bond acceptors (Lipinski definition) is 5. The molecule has 1 aromatic carbocycles. The molecule has 1 saturated heterocycles. The number of halogens is 2. The number of nitrogens with zero attached hydrogens (tertiary/aromatic N) is 2. The molecule has 2 amide bonds. The van der Waals surface area contributed by atoms with E-state index in [-0.39, 0.29) is 35.7 Å². The fraction of sp³-hybridized carbons (Fsp3) is 0.519. The standard InChI is InChI=1S/C27H36F2N4O3/c1-6-7-20-14-19(32-26(35)27(4,5)36-21-9-10-22(28)23(29)15-21)12-13-33(20)24-11-8-18(16-30-24)25(34)31-17(2)3/h8-11,15-17,19-20H,6-7,12-14H2,1-5H3,(H,31,34)(H,32,35). The average molecular weight is 503 g/mol. The third-order valence-corrected chi connectivity index (χ3v) is 6.21. The van der Waals surface area contributed by atoms with Gasteiger partial charge in [-0.15, -0.1) is 0 Å². The van der Waals surface area contributed by atoms with Crippen LogP contribution in [0.5, 0.6) is 5.75 Å². The Morgan fingerprint density at radius 1 is 1.19 bits per heavy atom. The molecular formula is C27H36F2N4O3. The molecule has 0 bridgehead atoms. The summed E-state index contributed by atoms with van der Waals surface area (Å²) < 4.78 is 32.5. The molecule has 2 heterocycles. The summed E-state index contributed by atoms with van der Waals surface area (Å²) in [5.41, 5.74) is -0.750. The van der Waals surface area contributed by atoms with Crippen molar-refractivity contribution in [2.45, 2.75) is 84.0 Å². The van der Waals surface area contributed by atoms with E-state index in [1.807, 2.05) is 19.9 Å². The maximum Gasteiger partial charge on any atom is 0.263 e. The zero-order chi connectivity index (χ0) is 26.5. The van der Waals surface area contributed by atoms with Crippen LogP contribution < -0.4 is 20.3 Å². The molecule has 0 aliphatic carbocycles. The topological polar surface area (TPSA) is 83.6 Å². The highest BCUT2D eigenvalue weighted by Gasteiger charge is 2.35. The van der Waals surface area contributed by atoms with Crippen molar-refractivity contribution in [1.82, 2.24) is 15.6 Å². The van der Waals surface area contributed by atoms with Gasteiger partial charge >= 0.3 is 0 Å². The van der Waals surface area contributed by atoms with Gasteiger partial charge in [0.25, 0.3) is 11.8 Å². The van der Waals surface area contributed by atoms with E-state index in [1.165, 1.54) is 6.07 Å². The highest BCUT2D eigenvalue weighted by molar-refractivity contribution is 5.94. The Labute approximate surface area is 211 Å². The lowest BCUT2D eigenvalue weighted by Crippen LogP contribution is -2.55. The van der Waals surface area contributed by atoms with Crippen LogP contribution in [0.3, 0.4) is 0 Å². The summed E-state index contributed by atoms with van der Waals surface area (Å²) in [7, 11) is 0. The number of benzene rings is 1. The SMILES string of the molecule is CCCC1CC(NC(=O)C(C)(C)Oc2ccc(F)c(F)c2)CCN1c1ccc(C(=O)NC(C)C)cn1. The summed E-state index contributed by atoms with van der Waals surface area (Å²) in [4.78, 5) is 32.0. The third-order valence-electron chi connectivity index (χ3n) is 6.21. The van der Waals surface area contributed by atoms with Crippen LogP contribution in [0.15, 0.2) is 36.5 Å². The summed E-state index contributed by atoms with van der Waals surface area (Å²) in [6.45, 7) is 9.84. The number of carbonyl (C=O) groups is 2. The van der Waals surface area contributed by atoms with Gasteiger partial charge in [0.2, 0.25) is 0 Å². The van der Waals surface area contributed by atoms with Gasteiger partial charge < -0.3 is 20.3 Å². The molecular weight excluding hydrogens is 466 g/mol. The van der Waals surface area contributed by atoms with Crippen LogP contribution in [-0.2, 0) is 4.79 Å². The van der Waals surface area contributed by atoms with Crippen molar-refractivity contribution in [3.63, 3.8) is 0 Å². The summed E-state index contributed by atoms with van der Waals surface area (Å²) in [5.74, 6) is -1.57. The molecule has 1 fully saturated rings. The third kappa shape index (κ3) is 6.92. The molecule has 0 saturated carbocycles. The smallest absolute Gasteiger partial charge is 0.263 e. The number of anilines is 1. The number of nitrogens with one attached hydrogen (secondary N) is 2. The average Bonchev–Trinajstić information content (AvgIpc) is 2.81. The second-order valence-electron chi connectivity index (χ2n) is 10.1. The first-order chi connectivity index (χ1) is 17.0. The van der Waals surface area contributed by atoms with Gasteiger partial charge in [-0.05, 0) is 71.2 Å². The maximum absolute atomic E-state index is 13.5. The van der Waals surface area contributed by atoms with E-state index in [0.29, 0.717) is 18.5 Å². The first kappa shape index (κ1) is 27.4. The Morgan fingerprint density at radius 2 is 1.94 bits per heavy atom. The highest BCUT2D eigenvalue weighted by Crippen LogP contribution is 2.27. The van der Waals surface area contributed by atoms with Crippen molar-refractivity contribution in [1.29, 1.82) is 0 Å². The molecule has 196 valence electrons. The molecule has 1 aliphatic heterocycles. The van der Waals surface area contributed by atoms with Crippen LogP contribution in [-0.4, -0.2) is 47.1 Å². The van der Waals surface area contributed by atoms with Crippen molar-refractivity contribution >= 4 is 17.6 Å². The molecule has 0 spiro atoms. The fourth-order valence-electron chi connectivity index (χ4n) is 4.37. The predicted molar refractivity (Wildman–Crippen MR) is 135 cm³/mol. The minimum Gasteiger partial charge on any atom is -0.478 e. The van der Waals surface area contributed by atoms with Crippen molar-refractivity contribution < 1.29 is 23.1 Å². The van der Waals surface area contributed by atoms with Crippen LogP contribution in [0, 0.1) is 11.6 Å². The molecule has 7 nitrogen and oxygen atoms in total. The van der Waals surface area contributed by atoms with Crippen molar-refractivity contribution in [2.24, 2.45) is 0 Å². The van der Waals surface area contributed by atoms with Gasteiger partial charge in [-0.1, -0.05) is 13.3 Å². The number of pyridine rings is 1. The second kappa shape index (κ2) is 11.7.